The summed E-state index contributed by atoms with van der Waals surface area (Å²) in [5.74, 6) is 0.502. The fraction of sp³-hybridized carbons (Fsp3) is 0.389. The number of nitrogens with zero attached hydrogens (tertiary/aromatic N) is 3. The highest BCUT2D eigenvalue weighted by Crippen LogP contribution is 2.21. The van der Waals surface area contributed by atoms with Crippen LogP contribution in [-0.2, 0) is 13.0 Å². The van der Waals surface area contributed by atoms with Crippen LogP contribution in [0.1, 0.15) is 41.4 Å². The van der Waals surface area contributed by atoms with Gasteiger partial charge in [0.2, 0.25) is 5.95 Å². The number of benzene rings is 1. The average molecular weight is 310 g/mol. The van der Waals surface area contributed by atoms with Gasteiger partial charge in [-0.3, -0.25) is 4.79 Å². The van der Waals surface area contributed by atoms with E-state index in [0.717, 1.165) is 32.4 Å². The lowest BCUT2D eigenvalue weighted by atomic mass is 10.0. The van der Waals surface area contributed by atoms with Crippen molar-refractivity contribution < 1.29 is 4.79 Å². The van der Waals surface area contributed by atoms with Crippen LogP contribution in [0.15, 0.2) is 36.5 Å². The Kier molecular flexibility index (Phi) is 4.86. The number of carbonyl (C=O) groups excluding carboxylic acids is 1. The predicted molar refractivity (Wildman–Crippen MR) is 90.5 cm³/mol. The van der Waals surface area contributed by atoms with Gasteiger partial charge in [-0.25, -0.2) is 9.97 Å². The standard InChI is InChI=1S/C18H22N4O/c1-2-3-10-19-17(23)16-8-11-20-18(21-16)22-12-9-14-6-4-5-7-15(14)13-22/h4-8,11H,2-3,9-10,12-13H2,1H3,(H,19,23). The second kappa shape index (κ2) is 7.22. The molecule has 0 spiro atoms. The van der Waals surface area contributed by atoms with Crippen molar-refractivity contribution >= 4 is 11.9 Å². The smallest absolute Gasteiger partial charge is 0.270 e. The summed E-state index contributed by atoms with van der Waals surface area (Å²) in [5, 5.41) is 2.90. The van der Waals surface area contributed by atoms with Crippen LogP contribution in [0.25, 0.3) is 0 Å². The van der Waals surface area contributed by atoms with E-state index < -0.39 is 0 Å². The zero-order chi connectivity index (χ0) is 16.1. The van der Waals surface area contributed by atoms with Crippen molar-refractivity contribution in [3.8, 4) is 0 Å². The Morgan fingerprint density at radius 3 is 2.91 bits per heavy atom. The Labute approximate surface area is 136 Å². The van der Waals surface area contributed by atoms with Crippen LogP contribution >= 0.6 is 0 Å². The van der Waals surface area contributed by atoms with Gasteiger partial charge < -0.3 is 10.2 Å². The molecule has 1 N–H and O–H groups in total. The van der Waals surface area contributed by atoms with Crippen LogP contribution in [0.3, 0.4) is 0 Å². The van der Waals surface area contributed by atoms with E-state index in [2.05, 4.69) is 51.4 Å². The number of carbonyl (C=O) groups is 1. The number of unbranched alkanes of at least 4 members (excludes halogenated alkanes) is 1. The minimum Gasteiger partial charge on any atom is -0.351 e. The minimum absolute atomic E-state index is 0.125. The van der Waals surface area contributed by atoms with E-state index in [-0.39, 0.29) is 5.91 Å². The molecule has 0 fully saturated rings. The molecule has 23 heavy (non-hydrogen) atoms. The first-order chi connectivity index (χ1) is 11.3. The largest absolute Gasteiger partial charge is 0.351 e. The Morgan fingerprint density at radius 2 is 2.09 bits per heavy atom. The Morgan fingerprint density at radius 1 is 1.26 bits per heavy atom. The van der Waals surface area contributed by atoms with Gasteiger partial charge in [0, 0.05) is 25.8 Å². The maximum absolute atomic E-state index is 12.1. The second-order valence-electron chi connectivity index (χ2n) is 5.79. The number of nitrogens with one attached hydrogen (secondary N) is 1. The third kappa shape index (κ3) is 3.67. The highest BCUT2D eigenvalue weighted by Gasteiger charge is 2.19. The summed E-state index contributed by atoms with van der Waals surface area (Å²) in [5.41, 5.74) is 3.13. The molecule has 120 valence electrons. The molecule has 0 aliphatic carbocycles. The van der Waals surface area contributed by atoms with E-state index in [0.29, 0.717) is 18.2 Å². The quantitative estimate of drug-likeness (QED) is 0.862. The molecule has 5 heteroatoms. The topological polar surface area (TPSA) is 58.1 Å². The summed E-state index contributed by atoms with van der Waals surface area (Å²) < 4.78 is 0. The van der Waals surface area contributed by atoms with Crippen molar-refractivity contribution in [2.45, 2.75) is 32.7 Å². The van der Waals surface area contributed by atoms with Gasteiger partial charge in [-0.2, -0.15) is 0 Å². The Balaban J connectivity index is 1.72. The molecule has 1 aromatic carbocycles. The summed E-state index contributed by atoms with van der Waals surface area (Å²) in [6.07, 6.45) is 4.68. The average Bonchev–Trinajstić information content (AvgIpc) is 2.61. The molecule has 1 aliphatic heterocycles. The van der Waals surface area contributed by atoms with E-state index in [1.165, 1.54) is 11.1 Å². The van der Waals surface area contributed by atoms with Crippen molar-refractivity contribution in [3.63, 3.8) is 0 Å². The molecule has 0 saturated carbocycles. The molecule has 2 heterocycles. The highest BCUT2D eigenvalue weighted by atomic mass is 16.1. The van der Waals surface area contributed by atoms with Crippen LogP contribution in [0, 0.1) is 0 Å². The highest BCUT2D eigenvalue weighted by molar-refractivity contribution is 5.92. The normalized spacial score (nSPS) is 13.5. The molecule has 0 saturated heterocycles. The maximum Gasteiger partial charge on any atom is 0.270 e. The molecular weight excluding hydrogens is 288 g/mol. The van der Waals surface area contributed by atoms with Gasteiger partial charge >= 0.3 is 0 Å². The molecule has 0 atom stereocenters. The number of fused-ring (bicyclic) bond motifs is 1. The Bertz CT molecular complexity index is 686. The first-order valence-corrected chi connectivity index (χ1v) is 8.21. The third-order valence-electron chi connectivity index (χ3n) is 4.10. The van der Waals surface area contributed by atoms with E-state index >= 15 is 0 Å². The van der Waals surface area contributed by atoms with Gasteiger partial charge in [-0.15, -0.1) is 0 Å². The van der Waals surface area contributed by atoms with Crippen LogP contribution in [0.2, 0.25) is 0 Å². The lowest BCUT2D eigenvalue weighted by Crippen LogP contribution is -2.32. The number of aromatic nitrogens is 2. The summed E-state index contributed by atoms with van der Waals surface area (Å²) in [6, 6.07) is 10.1. The molecule has 2 aromatic rings. The van der Waals surface area contributed by atoms with Gasteiger partial charge in [-0.1, -0.05) is 37.6 Å². The van der Waals surface area contributed by atoms with Crippen molar-refractivity contribution in [2.24, 2.45) is 0 Å². The van der Waals surface area contributed by atoms with Crippen molar-refractivity contribution in [2.75, 3.05) is 18.0 Å². The number of rotatable bonds is 5. The first-order valence-electron chi connectivity index (χ1n) is 8.21. The van der Waals surface area contributed by atoms with Crippen LogP contribution in [0.4, 0.5) is 5.95 Å². The van der Waals surface area contributed by atoms with Crippen LogP contribution in [-0.4, -0.2) is 29.0 Å². The van der Waals surface area contributed by atoms with Gasteiger partial charge in [0.25, 0.3) is 5.91 Å². The van der Waals surface area contributed by atoms with Crippen molar-refractivity contribution in [1.82, 2.24) is 15.3 Å². The minimum atomic E-state index is -0.125. The predicted octanol–water partition coefficient (Wildman–Crippen LogP) is 2.57. The lowest BCUT2D eigenvalue weighted by Gasteiger charge is -2.28. The molecule has 1 aliphatic rings. The summed E-state index contributed by atoms with van der Waals surface area (Å²) >= 11 is 0. The van der Waals surface area contributed by atoms with E-state index in [1.807, 2.05) is 0 Å². The zero-order valence-corrected chi connectivity index (χ0v) is 13.5. The molecule has 1 aromatic heterocycles. The molecule has 0 radical (unpaired) electrons. The van der Waals surface area contributed by atoms with Crippen LogP contribution < -0.4 is 10.2 Å². The summed E-state index contributed by atoms with van der Waals surface area (Å²) in [7, 11) is 0. The first kappa shape index (κ1) is 15.5. The fourth-order valence-corrected chi connectivity index (χ4v) is 2.76. The molecule has 0 unspecified atom stereocenters. The molecule has 3 rings (SSSR count). The lowest BCUT2D eigenvalue weighted by molar-refractivity contribution is 0.0948. The summed E-state index contributed by atoms with van der Waals surface area (Å²) in [4.78, 5) is 23.1. The molecule has 1 amide bonds. The Hall–Kier alpha value is -2.43. The zero-order valence-electron chi connectivity index (χ0n) is 13.5. The number of hydrogen-bond donors (Lipinski definition) is 1. The number of hydrogen-bond acceptors (Lipinski definition) is 4. The van der Waals surface area contributed by atoms with Gasteiger partial charge in [0.1, 0.15) is 5.69 Å². The number of anilines is 1. The van der Waals surface area contributed by atoms with Crippen LogP contribution in [0.5, 0.6) is 0 Å². The fourth-order valence-electron chi connectivity index (χ4n) is 2.76. The van der Waals surface area contributed by atoms with Gasteiger partial charge in [-0.05, 0) is 30.0 Å². The van der Waals surface area contributed by atoms with Gasteiger partial charge in [0.05, 0.1) is 0 Å². The van der Waals surface area contributed by atoms with Crippen molar-refractivity contribution in [3.05, 3.63) is 53.3 Å². The number of amides is 1. The van der Waals surface area contributed by atoms with E-state index in [9.17, 15) is 4.79 Å². The van der Waals surface area contributed by atoms with Gasteiger partial charge in [0.15, 0.2) is 0 Å². The van der Waals surface area contributed by atoms with E-state index in [1.54, 1.807) is 12.3 Å². The SMILES string of the molecule is CCCCNC(=O)c1ccnc(N2CCc3ccccc3C2)n1. The van der Waals surface area contributed by atoms with E-state index in [4.69, 9.17) is 0 Å². The molecular formula is C18H22N4O. The maximum atomic E-state index is 12.1. The molecule has 5 nitrogen and oxygen atoms in total. The van der Waals surface area contributed by atoms with Crippen molar-refractivity contribution in [1.29, 1.82) is 0 Å². The monoisotopic (exact) mass is 310 g/mol. The molecule has 0 bridgehead atoms. The summed E-state index contributed by atoms with van der Waals surface area (Å²) in [6.45, 7) is 4.45. The second-order valence-corrected chi connectivity index (χ2v) is 5.79. The third-order valence-corrected chi connectivity index (χ3v) is 4.10.